The van der Waals surface area contributed by atoms with Crippen LogP contribution in [0.25, 0.3) is 5.69 Å². The maximum atomic E-state index is 13.4. The van der Waals surface area contributed by atoms with Crippen LogP contribution >= 0.6 is 11.6 Å². The SMILES string of the molecule is Cc1nn(-c2ccc(C(=O)NC(c3ccc(F)cc3)c3nccn3C)cc2)c(C)c1Cl. The minimum absolute atomic E-state index is 0.268. The van der Waals surface area contributed by atoms with Crippen molar-refractivity contribution in [1.29, 1.82) is 0 Å². The number of hydrogen-bond acceptors (Lipinski definition) is 3. The fourth-order valence-corrected chi connectivity index (χ4v) is 3.57. The quantitative estimate of drug-likeness (QED) is 0.498. The summed E-state index contributed by atoms with van der Waals surface area (Å²) in [4.78, 5) is 17.4. The van der Waals surface area contributed by atoms with Crippen LogP contribution in [0.5, 0.6) is 0 Å². The van der Waals surface area contributed by atoms with Crippen molar-refractivity contribution in [1.82, 2.24) is 24.6 Å². The van der Waals surface area contributed by atoms with Gasteiger partial charge in [0.2, 0.25) is 0 Å². The van der Waals surface area contributed by atoms with Gasteiger partial charge in [-0.15, -0.1) is 0 Å². The summed E-state index contributed by atoms with van der Waals surface area (Å²) in [6.07, 6.45) is 3.46. The molecular formula is C23H21ClFN5O. The summed E-state index contributed by atoms with van der Waals surface area (Å²) in [5, 5.41) is 8.07. The second-order valence-electron chi connectivity index (χ2n) is 7.30. The fourth-order valence-electron chi connectivity index (χ4n) is 3.45. The summed E-state index contributed by atoms with van der Waals surface area (Å²) in [6.45, 7) is 3.74. The van der Waals surface area contributed by atoms with E-state index in [0.717, 1.165) is 22.6 Å². The normalized spacial score (nSPS) is 12.0. The maximum absolute atomic E-state index is 13.4. The average Bonchev–Trinajstić information content (AvgIpc) is 3.31. The number of halogens is 2. The smallest absolute Gasteiger partial charge is 0.252 e. The van der Waals surface area contributed by atoms with Crippen LogP contribution in [0.1, 0.15) is 39.2 Å². The van der Waals surface area contributed by atoms with Crippen LogP contribution in [0.2, 0.25) is 5.02 Å². The van der Waals surface area contributed by atoms with E-state index >= 15 is 0 Å². The van der Waals surface area contributed by atoms with Gasteiger partial charge in [0.25, 0.3) is 5.91 Å². The largest absolute Gasteiger partial charge is 0.338 e. The minimum Gasteiger partial charge on any atom is -0.338 e. The standard InChI is InChI=1S/C23H21ClFN5O/c1-14-20(24)15(2)30(28-14)19-10-6-17(7-11-19)23(31)27-21(22-26-12-13-29(22)3)16-4-8-18(25)9-5-16/h4-13,21H,1-3H3,(H,27,31). The summed E-state index contributed by atoms with van der Waals surface area (Å²) < 4.78 is 17.0. The molecule has 1 amide bonds. The van der Waals surface area contributed by atoms with Gasteiger partial charge in [-0.05, 0) is 55.8 Å². The average molecular weight is 438 g/mol. The fraction of sp³-hybridized carbons (Fsp3) is 0.174. The van der Waals surface area contributed by atoms with Crippen LogP contribution in [0.4, 0.5) is 4.39 Å². The lowest BCUT2D eigenvalue weighted by Gasteiger charge is -2.19. The topological polar surface area (TPSA) is 64.7 Å². The molecule has 0 saturated carbocycles. The van der Waals surface area contributed by atoms with Gasteiger partial charge in [-0.2, -0.15) is 5.10 Å². The molecule has 8 heteroatoms. The zero-order valence-corrected chi connectivity index (χ0v) is 18.1. The molecule has 0 aliphatic carbocycles. The second kappa shape index (κ2) is 8.35. The monoisotopic (exact) mass is 437 g/mol. The number of amides is 1. The van der Waals surface area contributed by atoms with Crippen LogP contribution in [-0.4, -0.2) is 25.2 Å². The Morgan fingerprint density at radius 2 is 1.77 bits per heavy atom. The molecule has 6 nitrogen and oxygen atoms in total. The molecule has 0 aliphatic heterocycles. The number of imidazole rings is 1. The van der Waals surface area contributed by atoms with E-state index in [0.29, 0.717) is 16.4 Å². The molecule has 0 radical (unpaired) electrons. The molecule has 0 bridgehead atoms. The predicted molar refractivity (Wildman–Crippen MR) is 117 cm³/mol. The highest BCUT2D eigenvalue weighted by Gasteiger charge is 2.22. The third-order valence-electron chi connectivity index (χ3n) is 5.17. The lowest BCUT2D eigenvalue weighted by Crippen LogP contribution is -2.31. The highest BCUT2D eigenvalue weighted by atomic mass is 35.5. The molecular weight excluding hydrogens is 417 g/mol. The van der Waals surface area contributed by atoms with Crippen molar-refractivity contribution in [3.8, 4) is 5.69 Å². The molecule has 0 saturated heterocycles. The first-order chi connectivity index (χ1) is 14.8. The summed E-state index contributed by atoms with van der Waals surface area (Å²) in [5.74, 6) is 0.0395. The molecule has 2 aromatic carbocycles. The maximum Gasteiger partial charge on any atom is 0.252 e. The molecule has 2 heterocycles. The van der Waals surface area contributed by atoms with Crippen LogP contribution in [-0.2, 0) is 7.05 Å². The molecule has 1 atom stereocenters. The van der Waals surface area contributed by atoms with Crippen molar-refractivity contribution in [2.45, 2.75) is 19.9 Å². The van der Waals surface area contributed by atoms with Gasteiger partial charge in [-0.25, -0.2) is 14.1 Å². The second-order valence-corrected chi connectivity index (χ2v) is 7.68. The van der Waals surface area contributed by atoms with E-state index in [1.54, 1.807) is 41.3 Å². The Hall–Kier alpha value is -3.45. The minimum atomic E-state index is -0.525. The number of aryl methyl sites for hydroxylation is 2. The van der Waals surface area contributed by atoms with E-state index in [1.807, 2.05) is 37.6 Å². The van der Waals surface area contributed by atoms with Gasteiger partial charge < -0.3 is 9.88 Å². The molecule has 4 rings (SSSR count). The lowest BCUT2D eigenvalue weighted by molar-refractivity contribution is 0.0941. The Morgan fingerprint density at radius 3 is 2.32 bits per heavy atom. The van der Waals surface area contributed by atoms with Crippen molar-refractivity contribution in [2.24, 2.45) is 7.05 Å². The molecule has 4 aromatic rings. The van der Waals surface area contributed by atoms with Gasteiger partial charge in [0, 0.05) is 25.0 Å². The van der Waals surface area contributed by atoms with Gasteiger partial charge in [0.1, 0.15) is 17.7 Å². The van der Waals surface area contributed by atoms with Crippen molar-refractivity contribution < 1.29 is 9.18 Å². The van der Waals surface area contributed by atoms with Crippen LogP contribution in [0.15, 0.2) is 60.9 Å². The van der Waals surface area contributed by atoms with Crippen molar-refractivity contribution >= 4 is 17.5 Å². The number of hydrogen-bond donors (Lipinski definition) is 1. The number of rotatable bonds is 5. The molecule has 0 spiro atoms. The number of carbonyl (C=O) groups is 1. The van der Waals surface area contributed by atoms with Crippen molar-refractivity contribution in [3.63, 3.8) is 0 Å². The van der Waals surface area contributed by atoms with Crippen LogP contribution in [0.3, 0.4) is 0 Å². The highest BCUT2D eigenvalue weighted by molar-refractivity contribution is 6.31. The number of aromatic nitrogens is 4. The van der Waals surface area contributed by atoms with Crippen LogP contribution < -0.4 is 5.32 Å². The Labute approximate surface area is 184 Å². The van der Waals surface area contributed by atoms with Gasteiger partial charge in [-0.3, -0.25) is 4.79 Å². The van der Waals surface area contributed by atoms with Gasteiger partial charge in [0.15, 0.2) is 0 Å². The van der Waals surface area contributed by atoms with E-state index in [-0.39, 0.29) is 11.7 Å². The number of nitrogens with zero attached hydrogens (tertiary/aromatic N) is 4. The predicted octanol–water partition coefficient (Wildman–Crippen LogP) is 4.53. The molecule has 158 valence electrons. The summed E-state index contributed by atoms with van der Waals surface area (Å²) >= 11 is 6.24. The Morgan fingerprint density at radius 1 is 1.10 bits per heavy atom. The van der Waals surface area contributed by atoms with Gasteiger partial charge in [0.05, 0.1) is 22.1 Å². The Kier molecular flexibility index (Phi) is 5.61. The number of nitrogens with one attached hydrogen (secondary N) is 1. The van der Waals surface area contributed by atoms with E-state index in [9.17, 15) is 9.18 Å². The van der Waals surface area contributed by atoms with Gasteiger partial charge in [-0.1, -0.05) is 23.7 Å². The first-order valence-corrected chi connectivity index (χ1v) is 10.1. The summed E-state index contributed by atoms with van der Waals surface area (Å²) in [5.41, 5.74) is 3.61. The van der Waals surface area contributed by atoms with Crippen molar-refractivity contribution in [2.75, 3.05) is 0 Å². The lowest BCUT2D eigenvalue weighted by atomic mass is 10.0. The van der Waals surface area contributed by atoms with Crippen LogP contribution in [0, 0.1) is 19.7 Å². The van der Waals surface area contributed by atoms with E-state index < -0.39 is 6.04 Å². The third kappa shape index (κ3) is 4.09. The van der Waals surface area contributed by atoms with Crippen molar-refractivity contribution in [3.05, 3.63) is 100 Å². The van der Waals surface area contributed by atoms with E-state index in [4.69, 9.17) is 11.6 Å². The van der Waals surface area contributed by atoms with Gasteiger partial charge >= 0.3 is 0 Å². The first-order valence-electron chi connectivity index (χ1n) is 9.71. The zero-order valence-electron chi connectivity index (χ0n) is 17.3. The molecule has 31 heavy (non-hydrogen) atoms. The molecule has 2 aromatic heterocycles. The zero-order chi connectivity index (χ0) is 22.1. The van der Waals surface area contributed by atoms with E-state index in [2.05, 4.69) is 15.4 Å². The first kappa shape index (κ1) is 20.8. The Balaban J connectivity index is 1.61. The molecule has 1 N–H and O–H groups in total. The molecule has 1 unspecified atom stereocenters. The highest BCUT2D eigenvalue weighted by Crippen LogP contribution is 2.24. The summed E-state index contributed by atoms with van der Waals surface area (Å²) in [6, 6.07) is 12.6. The van der Waals surface area contributed by atoms with E-state index in [1.165, 1.54) is 12.1 Å². The number of benzene rings is 2. The Bertz CT molecular complexity index is 1230. The summed E-state index contributed by atoms with van der Waals surface area (Å²) in [7, 11) is 1.85. The molecule has 0 aliphatic rings. The number of carbonyl (C=O) groups excluding carboxylic acids is 1. The molecule has 0 fully saturated rings. The third-order valence-corrected chi connectivity index (χ3v) is 5.72.